The summed E-state index contributed by atoms with van der Waals surface area (Å²) < 4.78 is 6.40. The SMILES string of the molecule is CCI.CCN(CC)CCOC(=O)c1ccc(N)cc1. The average molecular weight is 392 g/mol. The topological polar surface area (TPSA) is 55.6 Å². The van der Waals surface area contributed by atoms with Crippen molar-refractivity contribution in [1.82, 2.24) is 4.90 Å². The van der Waals surface area contributed by atoms with Crippen LogP contribution in [0.3, 0.4) is 0 Å². The molecule has 0 bridgehead atoms. The minimum absolute atomic E-state index is 0.294. The summed E-state index contributed by atoms with van der Waals surface area (Å²) in [5, 5.41) is 0. The Hall–Kier alpha value is -0.820. The second kappa shape index (κ2) is 12.0. The molecule has 0 unspecified atom stereocenters. The van der Waals surface area contributed by atoms with Crippen LogP contribution >= 0.6 is 22.6 Å². The Morgan fingerprint density at radius 2 is 1.70 bits per heavy atom. The van der Waals surface area contributed by atoms with Crippen molar-refractivity contribution in [3.63, 3.8) is 0 Å². The number of nitrogen functional groups attached to an aromatic ring is 1. The van der Waals surface area contributed by atoms with Crippen LogP contribution < -0.4 is 5.73 Å². The second-order valence-electron chi connectivity index (χ2n) is 4.05. The Morgan fingerprint density at radius 1 is 1.20 bits per heavy atom. The van der Waals surface area contributed by atoms with Crippen LogP contribution in [0.4, 0.5) is 5.69 Å². The molecule has 0 atom stereocenters. The highest BCUT2D eigenvalue weighted by molar-refractivity contribution is 14.1. The summed E-state index contributed by atoms with van der Waals surface area (Å²) in [5.74, 6) is -0.294. The van der Waals surface area contributed by atoms with E-state index in [-0.39, 0.29) is 5.97 Å². The Bertz CT molecular complexity index is 365. The molecule has 20 heavy (non-hydrogen) atoms. The summed E-state index contributed by atoms with van der Waals surface area (Å²) in [5.41, 5.74) is 6.73. The molecule has 0 aliphatic heterocycles. The lowest BCUT2D eigenvalue weighted by Gasteiger charge is -2.17. The van der Waals surface area contributed by atoms with Crippen LogP contribution in [0.15, 0.2) is 24.3 Å². The van der Waals surface area contributed by atoms with E-state index in [9.17, 15) is 4.79 Å². The number of ether oxygens (including phenoxy) is 1. The monoisotopic (exact) mass is 392 g/mol. The Balaban J connectivity index is 0.00000110. The lowest BCUT2D eigenvalue weighted by molar-refractivity contribution is 0.0466. The number of nitrogens with two attached hydrogens (primary N) is 1. The fourth-order valence-electron chi connectivity index (χ4n) is 1.51. The van der Waals surface area contributed by atoms with Crippen LogP contribution in [-0.4, -0.2) is 41.5 Å². The lowest BCUT2D eigenvalue weighted by Crippen LogP contribution is -2.27. The largest absolute Gasteiger partial charge is 0.461 e. The van der Waals surface area contributed by atoms with Gasteiger partial charge in [-0.25, -0.2) is 4.79 Å². The summed E-state index contributed by atoms with van der Waals surface area (Å²) in [7, 11) is 0. The molecule has 0 heterocycles. The Kier molecular flexibility index (Phi) is 11.5. The number of benzene rings is 1. The first-order chi connectivity index (χ1) is 9.58. The number of esters is 1. The maximum absolute atomic E-state index is 11.6. The van der Waals surface area contributed by atoms with Crippen LogP contribution in [0.1, 0.15) is 31.1 Å². The fraction of sp³-hybridized carbons (Fsp3) is 0.533. The Morgan fingerprint density at radius 3 is 2.15 bits per heavy atom. The number of carbonyl (C=O) groups is 1. The van der Waals surface area contributed by atoms with Crippen LogP contribution in [0.5, 0.6) is 0 Å². The predicted octanol–water partition coefficient (Wildman–Crippen LogP) is 3.21. The molecule has 0 radical (unpaired) electrons. The summed E-state index contributed by atoms with van der Waals surface area (Å²) in [6.07, 6.45) is 0. The first kappa shape index (κ1) is 19.2. The molecule has 0 aromatic heterocycles. The van der Waals surface area contributed by atoms with Gasteiger partial charge in [0.25, 0.3) is 0 Å². The normalized spacial score (nSPS) is 9.85. The highest BCUT2D eigenvalue weighted by atomic mass is 127. The number of hydrogen-bond acceptors (Lipinski definition) is 4. The van der Waals surface area contributed by atoms with Crippen LogP contribution in [-0.2, 0) is 4.74 Å². The molecule has 0 amide bonds. The molecule has 0 saturated heterocycles. The number of carbonyl (C=O) groups excluding carboxylic acids is 1. The summed E-state index contributed by atoms with van der Waals surface area (Å²) in [6.45, 7) is 9.42. The third-order valence-corrected chi connectivity index (χ3v) is 2.68. The predicted molar refractivity (Wildman–Crippen MR) is 93.5 cm³/mol. The molecule has 2 N–H and O–H groups in total. The third-order valence-electron chi connectivity index (χ3n) is 2.68. The Labute approximate surface area is 135 Å². The van der Waals surface area contributed by atoms with E-state index in [0.717, 1.165) is 19.6 Å². The van der Waals surface area contributed by atoms with Gasteiger partial charge in [0.1, 0.15) is 6.61 Å². The minimum atomic E-state index is -0.294. The van der Waals surface area contributed by atoms with Crippen LogP contribution in [0.25, 0.3) is 0 Å². The van der Waals surface area contributed by atoms with E-state index in [2.05, 4.69) is 48.3 Å². The first-order valence-corrected chi connectivity index (χ1v) is 8.42. The fourth-order valence-corrected chi connectivity index (χ4v) is 1.51. The second-order valence-corrected chi connectivity index (χ2v) is 5.58. The molecule has 1 aromatic rings. The van der Waals surface area contributed by atoms with Gasteiger partial charge in [-0.05, 0) is 41.8 Å². The number of anilines is 1. The number of rotatable bonds is 6. The van der Waals surface area contributed by atoms with Crippen LogP contribution in [0.2, 0.25) is 0 Å². The van der Waals surface area contributed by atoms with Gasteiger partial charge >= 0.3 is 5.97 Å². The van der Waals surface area contributed by atoms with Gasteiger partial charge in [-0.1, -0.05) is 43.4 Å². The summed E-state index contributed by atoms with van der Waals surface area (Å²) in [6, 6.07) is 6.74. The van der Waals surface area contributed by atoms with Crippen molar-refractivity contribution >= 4 is 34.2 Å². The van der Waals surface area contributed by atoms with E-state index >= 15 is 0 Å². The van der Waals surface area contributed by atoms with Crippen LogP contribution in [0, 0.1) is 0 Å². The molecule has 0 saturated carbocycles. The van der Waals surface area contributed by atoms with Gasteiger partial charge in [0.05, 0.1) is 5.56 Å². The maximum Gasteiger partial charge on any atom is 0.338 e. The highest BCUT2D eigenvalue weighted by Gasteiger charge is 2.07. The summed E-state index contributed by atoms with van der Waals surface area (Å²) >= 11 is 2.29. The molecular formula is C15H25IN2O2. The van der Waals surface area contributed by atoms with E-state index in [0.29, 0.717) is 17.9 Å². The van der Waals surface area contributed by atoms with Crippen molar-refractivity contribution in [3.8, 4) is 0 Å². The molecule has 1 aromatic carbocycles. The quantitative estimate of drug-likeness (QED) is 0.350. The van der Waals surface area contributed by atoms with Crippen molar-refractivity contribution in [2.75, 3.05) is 36.4 Å². The molecule has 5 heteroatoms. The first-order valence-electron chi connectivity index (χ1n) is 6.89. The number of hydrogen-bond donors (Lipinski definition) is 1. The van der Waals surface area contributed by atoms with Gasteiger partial charge in [0, 0.05) is 12.2 Å². The molecule has 1 rings (SSSR count). The number of nitrogens with zero attached hydrogens (tertiary/aromatic N) is 1. The van der Waals surface area contributed by atoms with Crippen molar-refractivity contribution < 1.29 is 9.53 Å². The number of halogens is 1. The van der Waals surface area contributed by atoms with Gasteiger partial charge in [0.15, 0.2) is 0 Å². The zero-order valence-electron chi connectivity index (χ0n) is 12.6. The van der Waals surface area contributed by atoms with Gasteiger partial charge in [-0.15, -0.1) is 0 Å². The zero-order chi connectivity index (χ0) is 15.4. The van der Waals surface area contributed by atoms with Gasteiger partial charge in [-0.3, -0.25) is 0 Å². The van der Waals surface area contributed by atoms with Gasteiger partial charge in [0.2, 0.25) is 0 Å². The van der Waals surface area contributed by atoms with Crippen molar-refractivity contribution in [2.45, 2.75) is 20.8 Å². The van der Waals surface area contributed by atoms with E-state index in [4.69, 9.17) is 10.5 Å². The van der Waals surface area contributed by atoms with Crippen molar-refractivity contribution in [3.05, 3.63) is 29.8 Å². The molecule has 0 aliphatic carbocycles. The minimum Gasteiger partial charge on any atom is -0.461 e. The maximum atomic E-state index is 11.6. The molecule has 0 aliphatic rings. The lowest BCUT2D eigenvalue weighted by atomic mass is 10.2. The molecule has 4 nitrogen and oxygen atoms in total. The van der Waals surface area contributed by atoms with E-state index in [1.807, 2.05) is 0 Å². The van der Waals surface area contributed by atoms with Gasteiger partial charge in [-0.2, -0.15) is 0 Å². The third kappa shape index (κ3) is 8.37. The average Bonchev–Trinajstić information content (AvgIpc) is 2.45. The van der Waals surface area contributed by atoms with E-state index < -0.39 is 0 Å². The summed E-state index contributed by atoms with van der Waals surface area (Å²) in [4.78, 5) is 13.8. The molecule has 0 fully saturated rings. The van der Waals surface area contributed by atoms with E-state index in [1.54, 1.807) is 24.3 Å². The van der Waals surface area contributed by atoms with E-state index in [1.165, 1.54) is 4.43 Å². The van der Waals surface area contributed by atoms with Crippen molar-refractivity contribution in [1.29, 1.82) is 0 Å². The number of likely N-dealkylation sites (N-methyl/N-ethyl adjacent to an activating group) is 1. The zero-order valence-corrected chi connectivity index (χ0v) is 14.7. The van der Waals surface area contributed by atoms with Crippen molar-refractivity contribution in [2.24, 2.45) is 0 Å². The smallest absolute Gasteiger partial charge is 0.338 e. The molecule has 114 valence electrons. The highest BCUT2D eigenvalue weighted by Crippen LogP contribution is 2.06. The molecule has 0 spiro atoms. The molecular weight excluding hydrogens is 367 g/mol. The van der Waals surface area contributed by atoms with Gasteiger partial charge < -0.3 is 15.4 Å². The number of alkyl halides is 1. The standard InChI is InChI=1S/C13H20N2O2.C2H5I/c1-3-15(4-2)9-10-17-13(16)11-5-7-12(14)8-6-11;1-2-3/h5-8H,3-4,9-10,14H2,1-2H3;2H2,1H3.